The van der Waals surface area contributed by atoms with Crippen LogP contribution in [-0.2, 0) is 0 Å². The van der Waals surface area contributed by atoms with Gasteiger partial charge in [-0.1, -0.05) is 38.8 Å². The molecule has 20 heavy (non-hydrogen) atoms. The van der Waals surface area contributed by atoms with Gasteiger partial charge in [-0.3, -0.25) is 4.79 Å². The van der Waals surface area contributed by atoms with Crippen molar-refractivity contribution in [3.63, 3.8) is 0 Å². The van der Waals surface area contributed by atoms with Crippen LogP contribution in [-0.4, -0.2) is 17.6 Å². The molecule has 1 aromatic rings. The van der Waals surface area contributed by atoms with E-state index in [2.05, 4.69) is 19.2 Å². The van der Waals surface area contributed by atoms with Gasteiger partial charge in [-0.2, -0.15) is 0 Å². The Labute approximate surface area is 121 Å². The lowest BCUT2D eigenvalue weighted by Crippen LogP contribution is -2.36. The van der Waals surface area contributed by atoms with Crippen molar-refractivity contribution in [1.29, 1.82) is 0 Å². The molecule has 1 aliphatic rings. The monoisotopic (exact) mass is 275 g/mol. The van der Waals surface area contributed by atoms with Crippen LogP contribution in [0.15, 0.2) is 24.3 Å². The van der Waals surface area contributed by atoms with Crippen LogP contribution in [0.25, 0.3) is 0 Å². The first-order chi connectivity index (χ1) is 9.52. The molecule has 0 radical (unpaired) electrons. The second kappa shape index (κ2) is 6.29. The van der Waals surface area contributed by atoms with Gasteiger partial charge in [0.15, 0.2) is 0 Å². The average Bonchev–Trinajstić information content (AvgIpc) is 2.84. The Balaban J connectivity index is 1.99. The number of carbonyl (C=O) groups excluding carboxylic acids is 1. The summed E-state index contributed by atoms with van der Waals surface area (Å²) in [6.07, 6.45) is 6.09. The van der Waals surface area contributed by atoms with Gasteiger partial charge in [0.25, 0.3) is 5.91 Å². The first-order valence-electron chi connectivity index (χ1n) is 7.59. The number of phenols is 1. The largest absolute Gasteiger partial charge is 0.507 e. The minimum Gasteiger partial charge on any atom is -0.507 e. The maximum atomic E-state index is 12.2. The summed E-state index contributed by atoms with van der Waals surface area (Å²) >= 11 is 0. The molecule has 1 saturated carbocycles. The molecule has 3 heteroatoms. The van der Waals surface area contributed by atoms with Crippen LogP contribution in [0.2, 0.25) is 0 Å². The molecule has 0 bridgehead atoms. The number of hydrogen-bond donors (Lipinski definition) is 2. The maximum absolute atomic E-state index is 12.2. The summed E-state index contributed by atoms with van der Waals surface area (Å²) in [4.78, 5) is 12.2. The van der Waals surface area contributed by atoms with Crippen molar-refractivity contribution in [3.05, 3.63) is 29.8 Å². The van der Waals surface area contributed by atoms with Crippen LogP contribution < -0.4 is 5.32 Å². The number of rotatable bonds is 5. The molecule has 0 spiro atoms. The van der Waals surface area contributed by atoms with Crippen LogP contribution >= 0.6 is 0 Å². The number of phenolic OH excluding ortho intramolecular Hbond substituents is 1. The number of nitrogens with one attached hydrogen (secondary N) is 1. The first-order valence-corrected chi connectivity index (χ1v) is 7.59. The Kier molecular flexibility index (Phi) is 4.69. The van der Waals surface area contributed by atoms with E-state index in [0.717, 1.165) is 13.0 Å². The van der Waals surface area contributed by atoms with E-state index < -0.39 is 0 Å². The summed E-state index contributed by atoms with van der Waals surface area (Å²) in [5.74, 6) is 0.530. The van der Waals surface area contributed by atoms with Crippen molar-refractivity contribution in [2.75, 3.05) is 6.54 Å². The highest BCUT2D eigenvalue weighted by Crippen LogP contribution is 2.42. The highest BCUT2D eigenvalue weighted by Gasteiger charge is 2.34. The van der Waals surface area contributed by atoms with E-state index >= 15 is 0 Å². The molecule has 0 aliphatic heterocycles. The zero-order valence-electron chi connectivity index (χ0n) is 12.5. The van der Waals surface area contributed by atoms with Crippen LogP contribution in [0.1, 0.15) is 56.3 Å². The van der Waals surface area contributed by atoms with Crippen LogP contribution in [0.5, 0.6) is 5.75 Å². The second-order valence-corrected chi connectivity index (χ2v) is 6.50. The standard InChI is InChI=1S/C17H25NO2/c1-13(2)11-17(9-5-6-10-17)12-18-16(20)14-7-3-4-8-15(14)19/h3-4,7-8,13,19H,5-6,9-12H2,1-2H3,(H,18,20). The van der Waals surface area contributed by atoms with E-state index in [-0.39, 0.29) is 17.1 Å². The number of carbonyl (C=O) groups is 1. The first kappa shape index (κ1) is 14.9. The van der Waals surface area contributed by atoms with Crippen molar-refractivity contribution in [3.8, 4) is 5.75 Å². The second-order valence-electron chi connectivity index (χ2n) is 6.50. The molecule has 2 rings (SSSR count). The van der Waals surface area contributed by atoms with Gasteiger partial charge in [-0.25, -0.2) is 0 Å². The molecule has 1 aromatic carbocycles. The molecule has 0 unspecified atom stereocenters. The lowest BCUT2D eigenvalue weighted by molar-refractivity contribution is 0.0919. The number of benzene rings is 1. The molecule has 1 aliphatic carbocycles. The molecule has 0 atom stereocenters. The van der Waals surface area contributed by atoms with E-state index in [9.17, 15) is 9.90 Å². The third-order valence-electron chi connectivity index (χ3n) is 4.28. The number of amides is 1. The summed E-state index contributed by atoms with van der Waals surface area (Å²) in [6, 6.07) is 6.71. The predicted molar refractivity (Wildman–Crippen MR) is 80.8 cm³/mol. The third-order valence-corrected chi connectivity index (χ3v) is 4.28. The van der Waals surface area contributed by atoms with E-state index in [1.807, 2.05) is 0 Å². The van der Waals surface area contributed by atoms with Crippen molar-refractivity contribution in [2.45, 2.75) is 46.0 Å². The van der Waals surface area contributed by atoms with Crippen LogP contribution in [0.4, 0.5) is 0 Å². The molecule has 0 saturated heterocycles. The number of aromatic hydroxyl groups is 1. The number of para-hydroxylation sites is 1. The SMILES string of the molecule is CC(C)CC1(CNC(=O)c2ccccc2O)CCCC1. The summed E-state index contributed by atoms with van der Waals surface area (Å²) < 4.78 is 0. The predicted octanol–water partition coefficient (Wildman–Crippen LogP) is 3.73. The topological polar surface area (TPSA) is 49.3 Å². The minimum atomic E-state index is -0.168. The van der Waals surface area contributed by atoms with Gasteiger partial charge >= 0.3 is 0 Å². The Hall–Kier alpha value is -1.51. The molecular formula is C17H25NO2. The molecular weight excluding hydrogens is 250 g/mol. The quantitative estimate of drug-likeness (QED) is 0.860. The fourth-order valence-electron chi connectivity index (χ4n) is 3.47. The van der Waals surface area contributed by atoms with Crippen molar-refractivity contribution in [2.24, 2.45) is 11.3 Å². The fraction of sp³-hybridized carbons (Fsp3) is 0.588. The fourth-order valence-corrected chi connectivity index (χ4v) is 3.47. The van der Waals surface area contributed by atoms with Crippen LogP contribution in [0.3, 0.4) is 0 Å². The van der Waals surface area contributed by atoms with Gasteiger partial charge in [-0.05, 0) is 42.7 Å². The Morgan fingerprint density at radius 1 is 1.30 bits per heavy atom. The molecule has 110 valence electrons. The van der Waals surface area contributed by atoms with Gasteiger partial charge in [0.2, 0.25) is 0 Å². The highest BCUT2D eigenvalue weighted by atomic mass is 16.3. The van der Waals surface area contributed by atoms with Gasteiger partial charge in [0.05, 0.1) is 5.56 Å². The van der Waals surface area contributed by atoms with Gasteiger partial charge in [0.1, 0.15) is 5.75 Å². The van der Waals surface area contributed by atoms with E-state index in [1.54, 1.807) is 24.3 Å². The van der Waals surface area contributed by atoms with Gasteiger partial charge < -0.3 is 10.4 Å². The van der Waals surface area contributed by atoms with E-state index in [0.29, 0.717) is 11.5 Å². The number of hydrogen-bond acceptors (Lipinski definition) is 2. The molecule has 2 N–H and O–H groups in total. The average molecular weight is 275 g/mol. The summed E-state index contributed by atoms with van der Waals surface area (Å²) in [5.41, 5.74) is 0.624. The zero-order chi connectivity index (χ0) is 14.6. The third kappa shape index (κ3) is 3.53. The molecule has 1 amide bonds. The lowest BCUT2D eigenvalue weighted by Gasteiger charge is -2.31. The zero-order valence-corrected chi connectivity index (χ0v) is 12.5. The van der Waals surface area contributed by atoms with Crippen molar-refractivity contribution < 1.29 is 9.90 Å². The summed E-state index contributed by atoms with van der Waals surface area (Å²) in [7, 11) is 0. The van der Waals surface area contributed by atoms with Crippen molar-refractivity contribution in [1.82, 2.24) is 5.32 Å². The normalized spacial score (nSPS) is 17.4. The smallest absolute Gasteiger partial charge is 0.255 e. The maximum Gasteiger partial charge on any atom is 0.255 e. The highest BCUT2D eigenvalue weighted by molar-refractivity contribution is 5.96. The lowest BCUT2D eigenvalue weighted by atomic mass is 9.78. The molecule has 1 fully saturated rings. The summed E-state index contributed by atoms with van der Waals surface area (Å²) in [5, 5.41) is 12.8. The Bertz CT molecular complexity index is 462. The van der Waals surface area contributed by atoms with Crippen molar-refractivity contribution >= 4 is 5.91 Å². The van der Waals surface area contributed by atoms with Gasteiger partial charge in [0, 0.05) is 6.54 Å². The van der Waals surface area contributed by atoms with E-state index in [1.165, 1.54) is 25.7 Å². The summed E-state index contributed by atoms with van der Waals surface area (Å²) in [6.45, 7) is 5.20. The molecule has 0 aromatic heterocycles. The minimum absolute atomic E-state index is 0.0503. The molecule has 0 heterocycles. The van der Waals surface area contributed by atoms with Crippen LogP contribution in [0, 0.1) is 11.3 Å². The van der Waals surface area contributed by atoms with Gasteiger partial charge in [-0.15, -0.1) is 0 Å². The molecule has 3 nitrogen and oxygen atoms in total. The Morgan fingerprint density at radius 2 is 1.95 bits per heavy atom. The Morgan fingerprint density at radius 3 is 2.55 bits per heavy atom. The van der Waals surface area contributed by atoms with E-state index in [4.69, 9.17) is 0 Å².